The van der Waals surface area contributed by atoms with Crippen molar-refractivity contribution >= 4 is 22.0 Å². The Morgan fingerprint density at radius 1 is 0.638 bits per heavy atom. The van der Waals surface area contributed by atoms with Crippen LogP contribution in [0.15, 0.2) is 108 Å². The molecule has 5 nitrogen and oxygen atoms in total. The average Bonchev–Trinajstić information content (AvgIpc) is 3.47. The zero-order valence-corrected chi connectivity index (χ0v) is 29.6. The standard InChI is InChI=1S/C41H36N3O2.Pt/c1-40(2,3)29-14-15-35(45)33(23-29)39-44-38-31(20-28(22-36(38)46-39)25-11-8-7-9-12-25)26-16-18-42-34(21-26)32-24-30(41(4,5)6)19-27-13-10-17-43-37(27)32;/h7-20,22-24,45H,1-6H3;/q-1;. The van der Waals surface area contributed by atoms with E-state index >= 15 is 0 Å². The number of nitrogens with zero attached hydrogens (tertiary/aromatic N) is 3. The molecule has 0 atom stereocenters. The molecule has 1 N–H and O–H groups in total. The minimum absolute atomic E-state index is 0. The predicted molar refractivity (Wildman–Crippen MR) is 187 cm³/mol. The number of fused-ring (bicyclic) bond motifs is 2. The second kappa shape index (κ2) is 12.2. The molecule has 0 amide bonds. The van der Waals surface area contributed by atoms with E-state index in [1.807, 2.05) is 60.9 Å². The first kappa shape index (κ1) is 32.3. The van der Waals surface area contributed by atoms with Crippen LogP contribution < -0.4 is 0 Å². The molecule has 0 saturated heterocycles. The van der Waals surface area contributed by atoms with E-state index in [0.29, 0.717) is 28.2 Å². The van der Waals surface area contributed by atoms with Gasteiger partial charge in [0, 0.05) is 32.8 Å². The average molecular weight is 798 g/mol. The third kappa shape index (κ3) is 6.25. The van der Waals surface area contributed by atoms with Gasteiger partial charge in [-0.1, -0.05) is 113 Å². The minimum atomic E-state index is -0.105. The Hall–Kier alpha value is -4.60. The Balaban J connectivity index is 0.00000386. The smallest absolute Gasteiger partial charge is 0.230 e. The van der Waals surface area contributed by atoms with Gasteiger partial charge in [-0.15, -0.1) is 17.7 Å². The number of phenolic OH excluding ortho intramolecular Hbond substituents is 1. The zero-order valence-electron chi connectivity index (χ0n) is 27.3. The summed E-state index contributed by atoms with van der Waals surface area (Å²) in [5.41, 5.74) is 10.3. The number of hydrogen-bond acceptors (Lipinski definition) is 5. The Morgan fingerprint density at radius 2 is 1.38 bits per heavy atom. The third-order valence-corrected chi connectivity index (χ3v) is 8.51. The van der Waals surface area contributed by atoms with Crippen molar-refractivity contribution in [1.82, 2.24) is 15.0 Å². The second-order valence-electron chi connectivity index (χ2n) is 13.9. The van der Waals surface area contributed by atoms with E-state index in [1.165, 1.54) is 5.56 Å². The molecule has 0 aliphatic carbocycles. The van der Waals surface area contributed by atoms with Gasteiger partial charge in [-0.25, -0.2) is 4.98 Å². The van der Waals surface area contributed by atoms with Crippen LogP contribution in [0.5, 0.6) is 5.75 Å². The molecule has 0 saturated carbocycles. The fourth-order valence-corrected chi connectivity index (χ4v) is 5.81. The maximum atomic E-state index is 10.9. The molecule has 3 aromatic heterocycles. The van der Waals surface area contributed by atoms with Crippen LogP contribution >= 0.6 is 0 Å². The molecule has 0 fully saturated rings. The maximum absolute atomic E-state index is 10.9. The molecule has 0 radical (unpaired) electrons. The van der Waals surface area contributed by atoms with Crippen LogP contribution in [-0.4, -0.2) is 20.1 Å². The van der Waals surface area contributed by atoms with Gasteiger partial charge >= 0.3 is 0 Å². The summed E-state index contributed by atoms with van der Waals surface area (Å²) in [7, 11) is 0. The van der Waals surface area contributed by atoms with Gasteiger partial charge in [-0.3, -0.25) is 9.97 Å². The van der Waals surface area contributed by atoms with Crippen molar-refractivity contribution in [1.29, 1.82) is 0 Å². The molecule has 7 rings (SSSR count). The van der Waals surface area contributed by atoms with Gasteiger partial charge in [-0.2, -0.15) is 0 Å². The van der Waals surface area contributed by atoms with Crippen molar-refractivity contribution in [2.45, 2.75) is 52.4 Å². The number of pyridine rings is 2. The molecule has 238 valence electrons. The Bertz CT molecular complexity index is 2240. The number of oxazole rings is 1. The topological polar surface area (TPSA) is 72.0 Å². The molecule has 47 heavy (non-hydrogen) atoms. The molecule has 7 aromatic rings. The van der Waals surface area contributed by atoms with Crippen molar-refractivity contribution in [3.05, 3.63) is 121 Å². The summed E-state index contributed by atoms with van der Waals surface area (Å²) in [6, 6.07) is 34.0. The summed E-state index contributed by atoms with van der Waals surface area (Å²) in [4.78, 5) is 14.5. The van der Waals surface area contributed by atoms with Crippen molar-refractivity contribution < 1.29 is 30.6 Å². The van der Waals surface area contributed by atoms with E-state index in [-0.39, 0.29) is 37.6 Å². The molecule has 0 spiro atoms. The fourth-order valence-electron chi connectivity index (χ4n) is 5.81. The van der Waals surface area contributed by atoms with Gasteiger partial charge in [0.25, 0.3) is 0 Å². The summed E-state index contributed by atoms with van der Waals surface area (Å²) in [5.74, 6) is 0.493. The van der Waals surface area contributed by atoms with Gasteiger partial charge in [0.15, 0.2) is 0 Å². The summed E-state index contributed by atoms with van der Waals surface area (Å²) in [6.45, 7) is 13.1. The van der Waals surface area contributed by atoms with Gasteiger partial charge in [0.05, 0.1) is 11.1 Å². The number of aromatic hydroxyl groups is 1. The van der Waals surface area contributed by atoms with E-state index < -0.39 is 0 Å². The van der Waals surface area contributed by atoms with E-state index in [1.54, 1.807) is 6.07 Å². The van der Waals surface area contributed by atoms with Crippen molar-refractivity contribution in [2.75, 3.05) is 0 Å². The third-order valence-electron chi connectivity index (χ3n) is 8.51. The zero-order chi connectivity index (χ0) is 32.2. The van der Waals surface area contributed by atoms with Crippen molar-refractivity contribution in [3.63, 3.8) is 0 Å². The fraction of sp³-hybridized carbons (Fsp3) is 0.195. The first-order valence-corrected chi connectivity index (χ1v) is 15.6. The van der Waals surface area contributed by atoms with Crippen LogP contribution in [0.1, 0.15) is 52.7 Å². The number of benzene rings is 4. The van der Waals surface area contributed by atoms with Crippen molar-refractivity contribution in [3.8, 4) is 50.7 Å². The van der Waals surface area contributed by atoms with Crippen LogP contribution in [0.4, 0.5) is 0 Å². The van der Waals surface area contributed by atoms with E-state index in [0.717, 1.165) is 44.3 Å². The molecule has 0 bridgehead atoms. The number of hydrogen-bond donors (Lipinski definition) is 1. The van der Waals surface area contributed by atoms with Gasteiger partial charge in [-0.05, 0) is 74.6 Å². The van der Waals surface area contributed by atoms with E-state index in [4.69, 9.17) is 19.4 Å². The normalized spacial score (nSPS) is 12.0. The van der Waals surface area contributed by atoms with Crippen molar-refractivity contribution in [2.24, 2.45) is 0 Å². The van der Waals surface area contributed by atoms with Crippen LogP contribution in [0.3, 0.4) is 0 Å². The van der Waals surface area contributed by atoms with Gasteiger partial charge in [0.1, 0.15) is 11.3 Å². The van der Waals surface area contributed by atoms with Crippen LogP contribution in [0.25, 0.3) is 67.0 Å². The predicted octanol–water partition coefficient (Wildman–Crippen LogP) is 10.5. The van der Waals surface area contributed by atoms with Crippen LogP contribution in [-0.2, 0) is 31.9 Å². The quantitative estimate of drug-likeness (QED) is 0.180. The van der Waals surface area contributed by atoms with E-state index in [2.05, 4.69) is 84.0 Å². The van der Waals surface area contributed by atoms with E-state index in [9.17, 15) is 5.11 Å². The SMILES string of the molecule is CC(C)(C)c1ccc(O)c(-c2nc3c(-c4[c-]c(-c5cc(C(C)(C)C)cc6cccnc56)ncc4)cc(-c4ccccc4)cc3o2)c1.[Pt]. The summed E-state index contributed by atoms with van der Waals surface area (Å²) < 4.78 is 6.44. The Labute approximate surface area is 290 Å². The number of phenols is 1. The monoisotopic (exact) mass is 797 g/mol. The molecule has 0 aliphatic rings. The minimum Gasteiger partial charge on any atom is -0.507 e. The van der Waals surface area contributed by atoms with Gasteiger partial charge in [0.2, 0.25) is 5.89 Å². The summed E-state index contributed by atoms with van der Waals surface area (Å²) in [6.07, 6.45) is 3.64. The molecular formula is C41H36N3O2Pt-. The summed E-state index contributed by atoms with van der Waals surface area (Å²) >= 11 is 0. The Kier molecular flexibility index (Phi) is 8.40. The molecule has 6 heteroatoms. The summed E-state index contributed by atoms with van der Waals surface area (Å²) in [5, 5.41) is 12.0. The van der Waals surface area contributed by atoms with Crippen LogP contribution in [0.2, 0.25) is 0 Å². The van der Waals surface area contributed by atoms with Crippen LogP contribution in [0, 0.1) is 6.07 Å². The molecule has 0 unspecified atom stereocenters. The number of rotatable bonds is 4. The second-order valence-corrected chi connectivity index (χ2v) is 13.9. The number of aromatic nitrogens is 3. The molecular weight excluding hydrogens is 762 g/mol. The first-order valence-electron chi connectivity index (χ1n) is 15.6. The van der Waals surface area contributed by atoms with Gasteiger partial charge < -0.3 is 9.52 Å². The molecule has 0 aliphatic heterocycles. The maximum Gasteiger partial charge on any atom is 0.230 e. The molecule has 4 aromatic carbocycles. The largest absolute Gasteiger partial charge is 0.507 e. The Morgan fingerprint density at radius 3 is 2.13 bits per heavy atom. The first-order chi connectivity index (χ1) is 22.0. The molecule has 3 heterocycles.